The second-order valence-corrected chi connectivity index (χ2v) is 6.14. The maximum atomic E-state index is 6.15. The zero-order valence-electron chi connectivity index (χ0n) is 10.6. The van der Waals surface area contributed by atoms with Gasteiger partial charge in [-0.25, -0.2) is 4.98 Å². The van der Waals surface area contributed by atoms with E-state index in [1.165, 1.54) is 33.1 Å². The maximum absolute atomic E-state index is 6.15. The summed E-state index contributed by atoms with van der Waals surface area (Å²) in [5.41, 5.74) is 10.1. The van der Waals surface area contributed by atoms with Crippen molar-refractivity contribution in [2.45, 2.75) is 38.6 Å². The fraction of sp³-hybridized carbons (Fsp3) is 0.400. The number of hydrogen-bond donors (Lipinski definition) is 1. The van der Waals surface area contributed by atoms with E-state index in [9.17, 15) is 0 Å². The largest absolute Gasteiger partial charge is 0.323 e. The number of aryl methyl sites for hydroxylation is 2. The number of nitrogens with zero attached hydrogens (tertiary/aromatic N) is 1. The molecule has 0 radical (unpaired) electrons. The van der Waals surface area contributed by atoms with Gasteiger partial charge in [0, 0.05) is 17.3 Å². The van der Waals surface area contributed by atoms with Gasteiger partial charge in [-0.3, -0.25) is 0 Å². The molecule has 0 saturated carbocycles. The van der Waals surface area contributed by atoms with Crippen LogP contribution in [0.5, 0.6) is 0 Å². The first-order valence-corrected chi connectivity index (χ1v) is 7.34. The Morgan fingerprint density at radius 1 is 1.39 bits per heavy atom. The van der Waals surface area contributed by atoms with Crippen LogP contribution in [0.2, 0.25) is 0 Å². The molecule has 1 aromatic carbocycles. The van der Waals surface area contributed by atoms with E-state index in [1.54, 1.807) is 0 Å². The van der Waals surface area contributed by atoms with Crippen LogP contribution in [0.4, 0.5) is 0 Å². The Balaban J connectivity index is 1.88. The summed E-state index contributed by atoms with van der Waals surface area (Å²) in [6.45, 7) is 2.16. The Labute approximate surface area is 112 Å². The lowest BCUT2D eigenvalue weighted by molar-refractivity contribution is 0.573. The molecule has 1 aromatic heterocycles. The van der Waals surface area contributed by atoms with Crippen molar-refractivity contribution in [2.24, 2.45) is 5.73 Å². The quantitative estimate of drug-likeness (QED) is 0.897. The minimum absolute atomic E-state index is 0.219. The summed E-state index contributed by atoms with van der Waals surface area (Å²) in [7, 11) is 0. The SMILES string of the molecule is Cc1ccccc1Cc1nc2c(s1)C(N)CCC2. The second-order valence-electron chi connectivity index (χ2n) is 5.02. The first-order valence-electron chi connectivity index (χ1n) is 6.52. The van der Waals surface area contributed by atoms with Gasteiger partial charge in [-0.15, -0.1) is 11.3 Å². The molecule has 94 valence electrons. The number of hydrogen-bond acceptors (Lipinski definition) is 3. The van der Waals surface area contributed by atoms with E-state index in [2.05, 4.69) is 31.2 Å². The van der Waals surface area contributed by atoms with Gasteiger partial charge in [-0.2, -0.15) is 0 Å². The highest BCUT2D eigenvalue weighted by atomic mass is 32.1. The lowest BCUT2D eigenvalue weighted by Crippen LogP contribution is -2.15. The molecule has 2 N–H and O–H groups in total. The summed E-state index contributed by atoms with van der Waals surface area (Å²) in [5, 5.41) is 1.21. The van der Waals surface area contributed by atoms with Crippen LogP contribution in [0.15, 0.2) is 24.3 Å². The van der Waals surface area contributed by atoms with Crippen LogP contribution < -0.4 is 5.73 Å². The van der Waals surface area contributed by atoms with Crippen LogP contribution in [-0.2, 0) is 12.8 Å². The third-order valence-corrected chi connectivity index (χ3v) is 4.87. The van der Waals surface area contributed by atoms with Gasteiger partial charge in [0.05, 0.1) is 10.7 Å². The number of benzene rings is 1. The van der Waals surface area contributed by atoms with Gasteiger partial charge < -0.3 is 5.73 Å². The molecule has 2 aromatic rings. The standard InChI is InChI=1S/C15H18N2S/c1-10-5-2-3-6-11(10)9-14-17-13-8-4-7-12(16)15(13)18-14/h2-3,5-6,12H,4,7-9,16H2,1H3. The number of aromatic nitrogens is 1. The van der Waals surface area contributed by atoms with Gasteiger partial charge in [0.15, 0.2) is 0 Å². The van der Waals surface area contributed by atoms with Crippen molar-refractivity contribution >= 4 is 11.3 Å². The predicted octanol–water partition coefficient (Wildman–Crippen LogP) is 3.38. The molecule has 0 bridgehead atoms. The third-order valence-electron chi connectivity index (χ3n) is 3.64. The summed E-state index contributed by atoms with van der Waals surface area (Å²) in [4.78, 5) is 6.10. The topological polar surface area (TPSA) is 38.9 Å². The molecular weight excluding hydrogens is 240 g/mol. The molecule has 0 spiro atoms. The molecule has 0 saturated heterocycles. The fourth-order valence-electron chi connectivity index (χ4n) is 2.55. The van der Waals surface area contributed by atoms with Gasteiger partial charge in [0.2, 0.25) is 0 Å². The van der Waals surface area contributed by atoms with Gasteiger partial charge in [-0.05, 0) is 37.3 Å². The van der Waals surface area contributed by atoms with E-state index in [4.69, 9.17) is 10.7 Å². The number of rotatable bonds is 2. The smallest absolute Gasteiger partial charge is 0.0975 e. The van der Waals surface area contributed by atoms with Crippen molar-refractivity contribution < 1.29 is 0 Å². The lowest BCUT2D eigenvalue weighted by atomic mass is 9.99. The summed E-state index contributed by atoms with van der Waals surface area (Å²) in [6.07, 6.45) is 4.34. The average Bonchev–Trinajstić information content (AvgIpc) is 2.76. The van der Waals surface area contributed by atoms with Gasteiger partial charge in [0.1, 0.15) is 0 Å². The Morgan fingerprint density at radius 3 is 3.00 bits per heavy atom. The minimum Gasteiger partial charge on any atom is -0.323 e. The monoisotopic (exact) mass is 258 g/mol. The fourth-order valence-corrected chi connectivity index (χ4v) is 3.72. The zero-order chi connectivity index (χ0) is 12.5. The maximum Gasteiger partial charge on any atom is 0.0975 e. The van der Waals surface area contributed by atoms with Crippen LogP contribution in [0.3, 0.4) is 0 Å². The highest BCUT2D eigenvalue weighted by molar-refractivity contribution is 7.11. The van der Waals surface area contributed by atoms with E-state index in [-0.39, 0.29) is 6.04 Å². The Bertz CT molecular complexity index is 559. The van der Waals surface area contributed by atoms with E-state index >= 15 is 0 Å². The summed E-state index contributed by atoms with van der Waals surface area (Å²) < 4.78 is 0. The molecule has 1 heterocycles. The Kier molecular flexibility index (Phi) is 3.18. The van der Waals surface area contributed by atoms with E-state index in [0.29, 0.717) is 0 Å². The molecule has 1 unspecified atom stereocenters. The lowest BCUT2D eigenvalue weighted by Gasteiger charge is -2.15. The van der Waals surface area contributed by atoms with Crippen molar-refractivity contribution in [1.29, 1.82) is 0 Å². The molecule has 18 heavy (non-hydrogen) atoms. The van der Waals surface area contributed by atoms with Gasteiger partial charge >= 0.3 is 0 Å². The third kappa shape index (κ3) is 2.20. The molecule has 0 fully saturated rings. The molecule has 1 aliphatic carbocycles. The Morgan fingerprint density at radius 2 is 2.22 bits per heavy atom. The van der Waals surface area contributed by atoms with Crippen LogP contribution in [0, 0.1) is 6.92 Å². The van der Waals surface area contributed by atoms with Crippen LogP contribution in [-0.4, -0.2) is 4.98 Å². The summed E-state index contributed by atoms with van der Waals surface area (Å²) in [5.74, 6) is 0. The molecule has 1 aliphatic rings. The Hall–Kier alpha value is -1.19. The van der Waals surface area contributed by atoms with Gasteiger partial charge in [-0.1, -0.05) is 24.3 Å². The van der Waals surface area contributed by atoms with Crippen molar-refractivity contribution in [3.63, 3.8) is 0 Å². The van der Waals surface area contributed by atoms with Crippen LogP contribution >= 0.6 is 11.3 Å². The van der Waals surface area contributed by atoms with E-state index < -0.39 is 0 Å². The minimum atomic E-state index is 0.219. The summed E-state index contributed by atoms with van der Waals surface area (Å²) >= 11 is 1.81. The number of fused-ring (bicyclic) bond motifs is 1. The molecule has 3 rings (SSSR count). The highest BCUT2D eigenvalue weighted by Crippen LogP contribution is 2.33. The molecule has 1 atom stereocenters. The zero-order valence-corrected chi connectivity index (χ0v) is 11.5. The van der Waals surface area contributed by atoms with Crippen LogP contribution in [0.1, 0.15) is 45.6 Å². The first-order chi connectivity index (χ1) is 8.74. The van der Waals surface area contributed by atoms with E-state index in [0.717, 1.165) is 19.3 Å². The molecule has 0 amide bonds. The van der Waals surface area contributed by atoms with Crippen molar-refractivity contribution in [1.82, 2.24) is 4.98 Å². The van der Waals surface area contributed by atoms with Crippen molar-refractivity contribution in [2.75, 3.05) is 0 Å². The summed E-state index contributed by atoms with van der Waals surface area (Å²) in [6, 6.07) is 8.75. The van der Waals surface area contributed by atoms with Gasteiger partial charge in [0.25, 0.3) is 0 Å². The molecular formula is C15H18N2S. The normalized spacial score (nSPS) is 18.7. The van der Waals surface area contributed by atoms with Crippen LogP contribution in [0.25, 0.3) is 0 Å². The first kappa shape index (κ1) is 11.9. The molecule has 0 aliphatic heterocycles. The average molecular weight is 258 g/mol. The van der Waals surface area contributed by atoms with Crippen molar-refractivity contribution in [3.05, 3.63) is 51.0 Å². The highest BCUT2D eigenvalue weighted by Gasteiger charge is 2.21. The van der Waals surface area contributed by atoms with Crippen molar-refractivity contribution in [3.8, 4) is 0 Å². The number of nitrogens with two attached hydrogens (primary N) is 1. The molecule has 3 heteroatoms. The second kappa shape index (κ2) is 4.82. The van der Waals surface area contributed by atoms with E-state index in [1.807, 2.05) is 11.3 Å². The predicted molar refractivity (Wildman–Crippen MR) is 76.0 cm³/mol. The number of thiazole rings is 1. The molecule has 2 nitrogen and oxygen atoms in total.